The maximum absolute atomic E-state index is 12.1. The molecule has 0 bridgehead atoms. The van der Waals surface area contributed by atoms with Crippen molar-refractivity contribution < 1.29 is 28.6 Å². The predicted octanol–water partition coefficient (Wildman–Crippen LogP) is 7.62. The molecule has 204 valence electrons. The number of hydrogen-bond acceptors (Lipinski definition) is 6. The van der Waals surface area contributed by atoms with Crippen LogP contribution in [-0.2, 0) is 28.6 Å². The van der Waals surface area contributed by atoms with Crippen molar-refractivity contribution in [3.8, 4) is 0 Å². The molecule has 0 N–H and O–H groups in total. The van der Waals surface area contributed by atoms with Crippen molar-refractivity contribution in [3.05, 3.63) is 12.2 Å². The summed E-state index contributed by atoms with van der Waals surface area (Å²) >= 11 is 0. The van der Waals surface area contributed by atoms with E-state index in [1.165, 1.54) is 57.8 Å². The quantitative estimate of drug-likeness (QED) is 0.0592. The van der Waals surface area contributed by atoms with Gasteiger partial charge in [-0.3, -0.25) is 14.4 Å². The highest BCUT2D eigenvalue weighted by molar-refractivity contribution is 5.71. The second-order valence-electron chi connectivity index (χ2n) is 9.31. The fraction of sp³-hybridized carbons (Fsp3) is 0.828. The summed E-state index contributed by atoms with van der Waals surface area (Å²) in [5.41, 5.74) is 0. The van der Waals surface area contributed by atoms with Crippen LogP contribution in [-0.4, -0.2) is 37.2 Å². The highest BCUT2D eigenvalue weighted by Crippen LogP contribution is 2.11. The minimum Gasteiger partial charge on any atom is -0.462 e. The number of carbonyl (C=O) groups is 3. The lowest BCUT2D eigenvalue weighted by Crippen LogP contribution is -2.30. The van der Waals surface area contributed by atoms with Crippen molar-refractivity contribution >= 4 is 17.9 Å². The maximum Gasteiger partial charge on any atom is 0.306 e. The van der Waals surface area contributed by atoms with Gasteiger partial charge in [0, 0.05) is 19.3 Å². The molecule has 0 saturated carbocycles. The molecule has 0 aliphatic rings. The van der Waals surface area contributed by atoms with Crippen molar-refractivity contribution in [1.82, 2.24) is 0 Å². The molecule has 1 unspecified atom stereocenters. The van der Waals surface area contributed by atoms with Crippen LogP contribution in [0.5, 0.6) is 0 Å². The molecule has 0 rings (SSSR count). The van der Waals surface area contributed by atoms with E-state index in [-0.39, 0.29) is 37.5 Å². The predicted molar refractivity (Wildman–Crippen MR) is 141 cm³/mol. The summed E-state index contributed by atoms with van der Waals surface area (Å²) in [4.78, 5) is 35.4. The number of ether oxygens (including phenoxy) is 3. The van der Waals surface area contributed by atoms with Crippen LogP contribution in [0.4, 0.5) is 0 Å². The fourth-order valence-corrected chi connectivity index (χ4v) is 3.63. The average Bonchev–Trinajstić information content (AvgIpc) is 2.83. The van der Waals surface area contributed by atoms with Crippen molar-refractivity contribution in [3.63, 3.8) is 0 Å². The average molecular weight is 497 g/mol. The Kier molecular flexibility index (Phi) is 23.9. The van der Waals surface area contributed by atoms with Crippen LogP contribution in [0.3, 0.4) is 0 Å². The van der Waals surface area contributed by atoms with Gasteiger partial charge in [0.25, 0.3) is 0 Å². The van der Waals surface area contributed by atoms with Gasteiger partial charge in [-0.05, 0) is 44.9 Å². The van der Waals surface area contributed by atoms with Gasteiger partial charge in [0.2, 0.25) is 0 Å². The second-order valence-corrected chi connectivity index (χ2v) is 9.31. The zero-order chi connectivity index (χ0) is 26.0. The van der Waals surface area contributed by atoms with Crippen LogP contribution in [0.1, 0.15) is 136 Å². The van der Waals surface area contributed by atoms with Gasteiger partial charge in [-0.2, -0.15) is 0 Å². The normalized spacial score (nSPS) is 12.0. The summed E-state index contributed by atoms with van der Waals surface area (Å²) in [5, 5.41) is 0. The summed E-state index contributed by atoms with van der Waals surface area (Å²) < 4.78 is 15.7. The lowest BCUT2D eigenvalue weighted by atomic mass is 10.1. The molecule has 6 nitrogen and oxygen atoms in total. The standard InChI is InChI=1S/C29H52O6/c1-4-7-8-9-10-11-12-13-14-15-16-17-18-19-20-23-28(31)34-25-26(35-29(32)22-6-3)24-33-27(30)21-5-2/h13-14,26H,4-12,15-25H2,1-3H3/b14-13-. The van der Waals surface area contributed by atoms with Gasteiger partial charge in [-0.15, -0.1) is 0 Å². The van der Waals surface area contributed by atoms with Crippen molar-refractivity contribution in [1.29, 1.82) is 0 Å². The molecule has 0 aliphatic carbocycles. The van der Waals surface area contributed by atoms with E-state index in [2.05, 4.69) is 19.1 Å². The number of esters is 3. The molecular formula is C29H52O6. The number of unbranched alkanes of at least 4 members (excludes halogenated alkanes) is 11. The molecule has 35 heavy (non-hydrogen) atoms. The number of carbonyl (C=O) groups excluding carboxylic acids is 3. The summed E-state index contributed by atoms with van der Waals surface area (Å²) in [6.07, 6.45) is 21.9. The summed E-state index contributed by atoms with van der Waals surface area (Å²) in [6, 6.07) is 0. The van der Waals surface area contributed by atoms with Gasteiger partial charge in [0.1, 0.15) is 13.2 Å². The van der Waals surface area contributed by atoms with Crippen LogP contribution in [0.25, 0.3) is 0 Å². The molecular weight excluding hydrogens is 444 g/mol. The van der Waals surface area contributed by atoms with Gasteiger partial charge in [-0.1, -0.05) is 84.3 Å². The fourth-order valence-electron chi connectivity index (χ4n) is 3.63. The van der Waals surface area contributed by atoms with E-state index in [9.17, 15) is 14.4 Å². The van der Waals surface area contributed by atoms with E-state index >= 15 is 0 Å². The Morgan fingerprint density at radius 1 is 0.543 bits per heavy atom. The van der Waals surface area contributed by atoms with Gasteiger partial charge in [-0.25, -0.2) is 0 Å². The zero-order valence-corrected chi connectivity index (χ0v) is 22.8. The maximum atomic E-state index is 12.1. The molecule has 0 amide bonds. The van der Waals surface area contributed by atoms with Gasteiger partial charge in [0.05, 0.1) is 0 Å². The van der Waals surface area contributed by atoms with Gasteiger partial charge >= 0.3 is 17.9 Å². The third kappa shape index (κ3) is 23.7. The summed E-state index contributed by atoms with van der Waals surface area (Å²) in [5.74, 6) is -1.03. The number of rotatable bonds is 24. The van der Waals surface area contributed by atoms with Gasteiger partial charge in [0.15, 0.2) is 6.10 Å². The third-order valence-electron chi connectivity index (χ3n) is 5.71. The molecule has 1 atom stereocenters. The Morgan fingerprint density at radius 3 is 1.54 bits per heavy atom. The molecule has 0 spiro atoms. The van der Waals surface area contributed by atoms with Crippen molar-refractivity contribution in [2.75, 3.05) is 13.2 Å². The molecule has 0 heterocycles. The summed E-state index contributed by atoms with van der Waals surface area (Å²) in [7, 11) is 0. The Balaban J connectivity index is 3.83. The van der Waals surface area contributed by atoms with Gasteiger partial charge < -0.3 is 14.2 Å². The first kappa shape index (κ1) is 33.1. The van der Waals surface area contributed by atoms with E-state index in [4.69, 9.17) is 14.2 Å². The Morgan fingerprint density at radius 2 is 1.00 bits per heavy atom. The van der Waals surface area contributed by atoms with Crippen LogP contribution < -0.4 is 0 Å². The largest absolute Gasteiger partial charge is 0.462 e. The monoisotopic (exact) mass is 496 g/mol. The molecule has 6 heteroatoms. The minimum atomic E-state index is -0.757. The first-order valence-electron chi connectivity index (χ1n) is 14.2. The lowest BCUT2D eigenvalue weighted by molar-refractivity contribution is -0.166. The third-order valence-corrected chi connectivity index (χ3v) is 5.71. The van der Waals surface area contributed by atoms with E-state index in [0.717, 1.165) is 25.7 Å². The number of allylic oxidation sites excluding steroid dienone is 2. The minimum absolute atomic E-state index is 0.0846. The first-order valence-corrected chi connectivity index (χ1v) is 14.2. The van der Waals surface area contributed by atoms with E-state index in [1.807, 2.05) is 13.8 Å². The smallest absolute Gasteiger partial charge is 0.306 e. The first-order chi connectivity index (χ1) is 17.0. The molecule has 0 fully saturated rings. The Bertz CT molecular complexity index is 557. The SMILES string of the molecule is CCCCCCCC/C=C\CCCCCCCC(=O)OCC(COC(=O)CCC)OC(=O)CCC. The van der Waals surface area contributed by atoms with Crippen LogP contribution in [0, 0.1) is 0 Å². The lowest BCUT2D eigenvalue weighted by Gasteiger charge is -2.18. The molecule has 0 aromatic rings. The van der Waals surface area contributed by atoms with E-state index < -0.39 is 6.10 Å². The highest BCUT2D eigenvalue weighted by atomic mass is 16.6. The van der Waals surface area contributed by atoms with Crippen molar-refractivity contribution in [2.24, 2.45) is 0 Å². The molecule has 0 saturated heterocycles. The molecule has 0 aliphatic heterocycles. The zero-order valence-electron chi connectivity index (χ0n) is 22.8. The van der Waals surface area contributed by atoms with Crippen LogP contribution in [0.15, 0.2) is 12.2 Å². The van der Waals surface area contributed by atoms with Crippen molar-refractivity contribution in [2.45, 2.75) is 142 Å². The molecule has 0 aromatic heterocycles. The topological polar surface area (TPSA) is 78.9 Å². The molecule has 0 aromatic carbocycles. The van der Waals surface area contributed by atoms with Crippen LogP contribution >= 0.6 is 0 Å². The van der Waals surface area contributed by atoms with E-state index in [0.29, 0.717) is 25.7 Å². The summed E-state index contributed by atoms with van der Waals surface area (Å²) in [6.45, 7) is 5.84. The molecule has 0 radical (unpaired) electrons. The highest BCUT2D eigenvalue weighted by Gasteiger charge is 2.19. The Hall–Kier alpha value is -1.85. The Labute approximate surface area is 214 Å². The number of hydrogen-bond donors (Lipinski definition) is 0. The van der Waals surface area contributed by atoms with Crippen LogP contribution in [0.2, 0.25) is 0 Å². The second kappa shape index (κ2) is 25.2. The van der Waals surface area contributed by atoms with E-state index in [1.54, 1.807) is 0 Å².